The van der Waals surface area contributed by atoms with Crippen LogP contribution in [-0.2, 0) is 16.1 Å². The largest absolute Gasteiger partial charge is 0.493 e. The predicted octanol–water partition coefficient (Wildman–Crippen LogP) is 6.25. The van der Waals surface area contributed by atoms with Gasteiger partial charge in [0.1, 0.15) is 6.61 Å². The van der Waals surface area contributed by atoms with Crippen LogP contribution in [0.4, 0.5) is 18.9 Å². The number of carbonyl (C=O) groups is 1. The highest BCUT2D eigenvalue weighted by atomic mass is 79.9. The van der Waals surface area contributed by atoms with Gasteiger partial charge in [-0.15, -0.1) is 0 Å². The molecule has 3 aromatic carbocycles. The highest BCUT2D eigenvalue weighted by Gasteiger charge is 2.45. The van der Waals surface area contributed by atoms with Gasteiger partial charge in [0, 0.05) is 17.2 Å². The Kier molecular flexibility index (Phi) is 9.89. The van der Waals surface area contributed by atoms with E-state index in [4.69, 9.17) is 25.8 Å². The quantitative estimate of drug-likeness (QED) is 0.113. The number of hydrogen-bond acceptors (Lipinski definition) is 9. The third-order valence-corrected chi connectivity index (χ3v) is 8.68. The summed E-state index contributed by atoms with van der Waals surface area (Å²) in [6.07, 6.45) is -3.58. The zero-order valence-electron chi connectivity index (χ0n) is 24.3. The molecule has 0 unspecified atom stereocenters. The number of hydrogen-bond donors (Lipinski definition) is 0. The summed E-state index contributed by atoms with van der Waals surface area (Å²) >= 11 is 10.2. The van der Waals surface area contributed by atoms with Gasteiger partial charge in [-0.3, -0.25) is 19.5 Å². The van der Waals surface area contributed by atoms with Gasteiger partial charge in [0.25, 0.3) is 11.2 Å². The number of thiazole rings is 1. The topological polar surface area (TPSA) is 122 Å². The summed E-state index contributed by atoms with van der Waals surface area (Å²) in [4.78, 5) is 40.8. The summed E-state index contributed by atoms with van der Waals surface area (Å²) in [6.45, 7) is 1.31. The van der Waals surface area contributed by atoms with Gasteiger partial charge >= 0.3 is 12.1 Å². The van der Waals surface area contributed by atoms with Gasteiger partial charge in [-0.25, -0.2) is 9.79 Å². The molecule has 1 aliphatic rings. The lowest BCUT2D eigenvalue weighted by atomic mass is 9.95. The third kappa shape index (κ3) is 7.11. The van der Waals surface area contributed by atoms with Gasteiger partial charge in [0.05, 0.1) is 39.3 Å². The average Bonchev–Trinajstić information content (AvgIpc) is 3.33. The van der Waals surface area contributed by atoms with E-state index in [1.54, 1.807) is 24.3 Å². The first-order valence-electron chi connectivity index (χ1n) is 13.6. The van der Waals surface area contributed by atoms with Crippen molar-refractivity contribution in [3.63, 3.8) is 0 Å². The zero-order valence-corrected chi connectivity index (χ0v) is 27.5. The summed E-state index contributed by atoms with van der Waals surface area (Å²) < 4.78 is 61.0. The standard InChI is InChI=1S/C31H22BrClF3N3O7S/c1-3-45-29(41)24-25(18-6-8-19(33)9-7-18)38-28(40)23(47-30(38)37-27(24)31(34,35)36)14-17-12-21(32)26(22(13-17)44-2)46-15-16-4-10-20(11-5-16)39(42)43/h4-14,25H,3,15H2,1-2H3/b23-14-/t25-/m1/s1. The maximum atomic E-state index is 14.4. The SMILES string of the molecule is CCOC(=O)C1=C(C(F)(F)F)N=c2s/c(=C\c3cc(Br)c(OCc4ccc([N+](=O)[O-])cc4)c(OC)c3)c(=O)n2[C@@H]1c1ccc(Cl)cc1. The number of halogens is 5. The van der Waals surface area contributed by atoms with Crippen LogP contribution in [0.15, 0.2) is 86.2 Å². The first-order valence-corrected chi connectivity index (χ1v) is 15.6. The molecule has 0 fully saturated rings. The lowest BCUT2D eigenvalue weighted by Gasteiger charge is -2.26. The lowest BCUT2D eigenvalue weighted by molar-refractivity contribution is -0.384. The van der Waals surface area contributed by atoms with Crippen LogP contribution < -0.4 is 24.4 Å². The molecule has 0 spiro atoms. The van der Waals surface area contributed by atoms with E-state index in [2.05, 4.69) is 20.9 Å². The zero-order chi connectivity index (χ0) is 34.0. The fraction of sp³-hybridized carbons (Fsp3) is 0.194. The molecule has 0 aliphatic carbocycles. The van der Waals surface area contributed by atoms with E-state index >= 15 is 0 Å². The maximum absolute atomic E-state index is 14.4. The Balaban J connectivity index is 1.60. The molecule has 0 radical (unpaired) electrons. The number of ether oxygens (including phenoxy) is 3. The van der Waals surface area contributed by atoms with Crippen LogP contribution in [0.1, 0.15) is 29.7 Å². The molecule has 0 saturated carbocycles. The Morgan fingerprint density at radius 2 is 1.85 bits per heavy atom. The second-order valence-electron chi connectivity index (χ2n) is 9.86. The molecule has 0 N–H and O–H groups in total. The van der Waals surface area contributed by atoms with Crippen molar-refractivity contribution in [2.24, 2.45) is 4.99 Å². The molecule has 10 nitrogen and oxygen atoms in total. The number of benzene rings is 3. The Hall–Kier alpha value is -4.47. The average molecular weight is 753 g/mol. The lowest BCUT2D eigenvalue weighted by Crippen LogP contribution is -2.41. The van der Waals surface area contributed by atoms with E-state index in [0.29, 0.717) is 26.4 Å². The second kappa shape index (κ2) is 13.7. The van der Waals surface area contributed by atoms with Crippen molar-refractivity contribution < 1.29 is 37.1 Å². The van der Waals surface area contributed by atoms with Crippen LogP contribution >= 0.6 is 38.9 Å². The van der Waals surface area contributed by atoms with E-state index in [9.17, 15) is 32.9 Å². The van der Waals surface area contributed by atoms with Gasteiger partial charge in [-0.2, -0.15) is 13.2 Å². The summed E-state index contributed by atoms with van der Waals surface area (Å²) in [7, 11) is 1.40. The summed E-state index contributed by atoms with van der Waals surface area (Å²) in [5, 5.41) is 11.2. The van der Waals surface area contributed by atoms with E-state index in [-0.39, 0.29) is 39.5 Å². The van der Waals surface area contributed by atoms with Crippen molar-refractivity contribution in [1.29, 1.82) is 0 Å². The number of carbonyl (C=O) groups excluding carboxylic acids is 1. The number of nitro groups is 1. The van der Waals surface area contributed by atoms with E-state index in [1.165, 1.54) is 56.5 Å². The normalized spacial score (nSPS) is 14.8. The van der Waals surface area contributed by atoms with Crippen LogP contribution in [0.3, 0.4) is 0 Å². The van der Waals surface area contributed by atoms with E-state index in [1.807, 2.05) is 0 Å². The first-order chi connectivity index (χ1) is 22.3. The number of methoxy groups -OCH3 is 1. The highest BCUT2D eigenvalue weighted by molar-refractivity contribution is 9.10. The molecule has 1 aromatic heterocycles. The molecule has 0 saturated heterocycles. The Morgan fingerprint density at radius 3 is 2.45 bits per heavy atom. The Bertz CT molecular complexity index is 2080. The van der Waals surface area contributed by atoms with Crippen molar-refractivity contribution in [3.05, 3.63) is 128 Å². The molecule has 0 amide bonds. The molecule has 5 rings (SSSR count). The summed E-state index contributed by atoms with van der Waals surface area (Å²) in [6, 6.07) is 13.3. The number of fused-ring (bicyclic) bond motifs is 1. The van der Waals surface area contributed by atoms with Gasteiger partial charge in [-0.05, 0) is 82.0 Å². The molecular formula is C31H22BrClF3N3O7S. The molecule has 2 heterocycles. The van der Waals surface area contributed by atoms with Crippen molar-refractivity contribution in [3.8, 4) is 11.5 Å². The highest BCUT2D eigenvalue weighted by Crippen LogP contribution is 2.39. The molecule has 0 bridgehead atoms. The van der Waals surface area contributed by atoms with Gasteiger partial charge in [0.15, 0.2) is 22.0 Å². The minimum atomic E-state index is -5.04. The molecule has 1 aliphatic heterocycles. The molecule has 16 heteroatoms. The molecule has 4 aromatic rings. The van der Waals surface area contributed by atoms with Crippen LogP contribution in [-0.4, -0.2) is 35.4 Å². The number of nitrogens with zero attached hydrogens (tertiary/aromatic N) is 3. The third-order valence-electron chi connectivity index (χ3n) is 6.86. The second-order valence-corrected chi connectivity index (χ2v) is 12.2. The minimum Gasteiger partial charge on any atom is -0.493 e. The fourth-order valence-corrected chi connectivity index (χ4v) is 6.49. The van der Waals surface area contributed by atoms with Crippen LogP contribution in [0, 0.1) is 10.1 Å². The monoisotopic (exact) mass is 751 g/mol. The molecule has 1 atom stereocenters. The van der Waals surface area contributed by atoms with Crippen LogP contribution in [0.25, 0.3) is 6.08 Å². The van der Waals surface area contributed by atoms with E-state index < -0.39 is 39.9 Å². The fourth-order valence-electron chi connectivity index (χ4n) is 4.78. The van der Waals surface area contributed by atoms with E-state index in [0.717, 1.165) is 15.9 Å². The predicted molar refractivity (Wildman–Crippen MR) is 170 cm³/mol. The number of nitro benzene ring substituents is 1. The number of aromatic nitrogens is 1. The summed E-state index contributed by atoms with van der Waals surface area (Å²) in [5.41, 5.74) is -1.74. The number of esters is 1. The minimum absolute atomic E-state index is 0.0304. The first kappa shape index (κ1) is 33.9. The van der Waals surface area contributed by atoms with Crippen molar-refractivity contribution in [2.75, 3.05) is 13.7 Å². The number of rotatable bonds is 9. The van der Waals surface area contributed by atoms with Crippen molar-refractivity contribution in [1.82, 2.24) is 4.57 Å². The van der Waals surface area contributed by atoms with Gasteiger partial charge < -0.3 is 14.2 Å². The number of alkyl halides is 3. The Labute approximate surface area is 281 Å². The smallest absolute Gasteiger partial charge is 0.434 e. The van der Waals surface area contributed by atoms with Crippen molar-refractivity contribution >= 4 is 56.6 Å². The molecular weight excluding hydrogens is 731 g/mol. The molecule has 47 heavy (non-hydrogen) atoms. The van der Waals surface area contributed by atoms with Crippen LogP contribution in [0.5, 0.6) is 11.5 Å². The Morgan fingerprint density at radius 1 is 1.17 bits per heavy atom. The maximum Gasteiger partial charge on any atom is 0.434 e. The number of non-ortho nitro benzene ring substituents is 1. The van der Waals surface area contributed by atoms with Crippen molar-refractivity contribution in [2.45, 2.75) is 25.7 Å². The summed E-state index contributed by atoms with van der Waals surface area (Å²) in [5.74, 6) is -0.680. The van der Waals surface area contributed by atoms with Gasteiger partial charge in [-0.1, -0.05) is 35.1 Å². The van der Waals surface area contributed by atoms with Crippen LogP contribution in [0.2, 0.25) is 5.02 Å². The van der Waals surface area contributed by atoms with Gasteiger partial charge in [0.2, 0.25) is 0 Å². The number of allylic oxidation sites excluding steroid dienone is 1. The molecule has 244 valence electrons.